The summed E-state index contributed by atoms with van der Waals surface area (Å²) in [6.45, 7) is 0. The number of nitrogen functional groups attached to an aromatic ring is 1. The molecule has 4 heteroatoms. The molecule has 0 saturated carbocycles. The fourth-order valence-corrected chi connectivity index (χ4v) is 2.15. The Hall–Kier alpha value is -1.77. The van der Waals surface area contributed by atoms with Crippen molar-refractivity contribution in [2.24, 2.45) is 0 Å². The van der Waals surface area contributed by atoms with E-state index in [1.807, 2.05) is 54.6 Å². The Morgan fingerprint density at radius 1 is 0.947 bits per heavy atom. The van der Waals surface area contributed by atoms with E-state index in [1.54, 1.807) is 0 Å². The maximum Gasteiger partial charge on any atom is 0.0731 e. The fourth-order valence-electron chi connectivity index (χ4n) is 1.98. The molecule has 96 valence electrons. The van der Waals surface area contributed by atoms with Crippen molar-refractivity contribution in [1.29, 1.82) is 0 Å². The predicted octanol–water partition coefficient (Wildman–Crippen LogP) is 4.56. The average Bonchev–Trinajstić information content (AvgIpc) is 2.40. The summed E-state index contributed by atoms with van der Waals surface area (Å²) < 4.78 is 0. The van der Waals surface area contributed by atoms with Gasteiger partial charge in [-0.3, -0.25) is 0 Å². The lowest BCUT2D eigenvalue weighted by atomic mass is 10.1. The second-order valence-electron chi connectivity index (χ2n) is 4.12. The molecule has 2 N–H and O–H groups in total. The minimum absolute atomic E-state index is 0. The third kappa shape index (κ3) is 2.65. The Kier molecular flexibility index (Phi) is 3.93. The highest BCUT2D eigenvalue weighted by molar-refractivity contribution is 6.31. The topological polar surface area (TPSA) is 38.9 Å². The van der Waals surface area contributed by atoms with Crippen molar-refractivity contribution in [1.82, 2.24) is 4.98 Å². The summed E-state index contributed by atoms with van der Waals surface area (Å²) in [6.07, 6.45) is 0. The molecule has 3 rings (SSSR count). The van der Waals surface area contributed by atoms with E-state index in [0.717, 1.165) is 22.2 Å². The van der Waals surface area contributed by atoms with E-state index in [1.165, 1.54) is 0 Å². The molecule has 19 heavy (non-hydrogen) atoms. The van der Waals surface area contributed by atoms with Crippen LogP contribution in [-0.4, -0.2) is 4.98 Å². The Morgan fingerprint density at radius 3 is 2.42 bits per heavy atom. The molecular formula is C15H12Cl2N2. The molecule has 1 heterocycles. The molecule has 0 unspecified atom stereocenters. The van der Waals surface area contributed by atoms with Crippen molar-refractivity contribution in [3.8, 4) is 11.3 Å². The molecule has 0 atom stereocenters. The van der Waals surface area contributed by atoms with E-state index < -0.39 is 0 Å². The van der Waals surface area contributed by atoms with Crippen LogP contribution in [-0.2, 0) is 0 Å². The standard InChI is InChI=1S/C15H11ClN2.ClH/c16-11-6-7-14-12(8-11)13(17)9-15(18-14)10-4-2-1-3-5-10;/h1-9H,(H2,17,18);1H. The van der Waals surface area contributed by atoms with Gasteiger partial charge in [0.25, 0.3) is 0 Å². The van der Waals surface area contributed by atoms with E-state index in [2.05, 4.69) is 4.98 Å². The molecule has 2 nitrogen and oxygen atoms in total. The molecule has 0 saturated heterocycles. The first kappa shape index (κ1) is 13.7. The first-order chi connectivity index (χ1) is 8.74. The second-order valence-corrected chi connectivity index (χ2v) is 4.56. The SMILES string of the molecule is Cl.Nc1cc(-c2ccccc2)nc2ccc(Cl)cc12. The van der Waals surface area contributed by atoms with Gasteiger partial charge in [-0.2, -0.15) is 0 Å². The predicted molar refractivity (Wildman–Crippen MR) is 83.8 cm³/mol. The smallest absolute Gasteiger partial charge is 0.0731 e. The van der Waals surface area contributed by atoms with Crippen molar-refractivity contribution < 1.29 is 0 Å². The molecule has 0 amide bonds. The van der Waals surface area contributed by atoms with Gasteiger partial charge in [0.2, 0.25) is 0 Å². The molecule has 1 aromatic heterocycles. The summed E-state index contributed by atoms with van der Waals surface area (Å²) in [5, 5.41) is 1.56. The van der Waals surface area contributed by atoms with Gasteiger partial charge in [0, 0.05) is 21.7 Å². The molecular weight excluding hydrogens is 279 g/mol. The highest BCUT2D eigenvalue weighted by atomic mass is 35.5. The number of rotatable bonds is 1. The monoisotopic (exact) mass is 290 g/mol. The number of pyridine rings is 1. The van der Waals surface area contributed by atoms with Gasteiger partial charge < -0.3 is 5.73 Å². The van der Waals surface area contributed by atoms with Crippen molar-refractivity contribution in [3.63, 3.8) is 0 Å². The Balaban J connectivity index is 0.00000133. The van der Waals surface area contributed by atoms with Crippen LogP contribution in [0.15, 0.2) is 54.6 Å². The van der Waals surface area contributed by atoms with Gasteiger partial charge in [0.1, 0.15) is 0 Å². The van der Waals surface area contributed by atoms with Crippen LogP contribution < -0.4 is 5.73 Å². The summed E-state index contributed by atoms with van der Waals surface area (Å²) in [7, 11) is 0. The van der Waals surface area contributed by atoms with Gasteiger partial charge in [-0.15, -0.1) is 12.4 Å². The molecule has 0 aliphatic rings. The van der Waals surface area contributed by atoms with E-state index in [4.69, 9.17) is 17.3 Å². The molecule has 0 fully saturated rings. The third-order valence-electron chi connectivity index (χ3n) is 2.87. The summed E-state index contributed by atoms with van der Waals surface area (Å²) in [6, 6.07) is 17.4. The maximum absolute atomic E-state index is 6.06. The zero-order chi connectivity index (χ0) is 12.5. The zero-order valence-electron chi connectivity index (χ0n) is 10.0. The average molecular weight is 291 g/mol. The largest absolute Gasteiger partial charge is 0.398 e. The number of halogens is 2. The van der Waals surface area contributed by atoms with Gasteiger partial charge in [0.05, 0.1) is 11.2 Å². The first-order valence-corrected chi connectivity index (χ1v) is 6.03. The quantitative estimate of drug-likeness (QED) is 0.714. The Morgan fingerprint density at radius 2 is 1.68 bits per heavy atom. The lowest BCUT2D eigenvalue weighted by Crippen LogP contribution is -1.92. The number of hydrogen-bond donors (Lipinski definition) is 1. The molecule has 0 radical (unpaired) electrons. The lowest BCUT2D eigenvalue weighted by molar-refractivity contribution is 1.40. The first-order valence-electron chi connectivity index (χ1n) is 5.65. The van der Waals surface area contributed by atoms with Gasteiger partial charge in [-0.05, 0) is 24.3 Å². The molecule has 0 aliphatic carbocycles. The van der Waals surface area contributed by atoms with Crippen LogP contribution in [0.25, 0.3) is 22.2 Å². The van der Waals surface area contributed by atoms with E-state index in [-0.39, 0.29) is 12.4 Å². The van der Waals surface area contributed by atoms with Crippen molar-refractivity contribution in [2.75, 3.05) is 5.73 Å². The van der Waals surface area contributed by atoms with Crippen LogP contribution in [0.4, 0.5) is 5.69 Å². The minimum atomic E-state index is 0. The van der Waals surface area contributed by atoms with Crippen molar-refractivity contribution in [3.05, 3.63) is 59.6 Å². The number of fused-ring (bicyclic) bond motifs is 1. The minimum Gasteiger partial charge on any atom is -0.398 e. The summed E-state index contributed by atoms with van der Waals surface area (Å²) >= 11 is 5.96. The lowest BCUT2D eigenvalue weighted by Gasteiger charge is -2.06. The number of benzene rings is 2. The Labute approximate surface area is 122 Å². The number of aromatic nitrogens is 1. The summed E-state index contributed by atoms with van der Waals surface area (Å²) in [5.41, 5.74) is 9.55. The third-order valence-corrected chi connectivity index (χ3v) is 3.11. The number of anilines is 1. The van der Waals surface area contributed by atoms with Crippen LogP contribution in [0, 0.1) is 0 Å². The molecule has 0 bridgehead atoms. The van der Waals surface area contributed by atoms with Crippen LogP contribution in [0.3, 0.4) is 0 Å². The maximum atomic E-state index is 6.06. The number of hydrogen-bond acceptors (Lipinski definition) is 2. The van der Waals surface area contributed by atoms with E-state index >= 15 is 0 Å². The van der Waals surface area contributed by atoms with Gasteiger partial charge in [-0.1, -0.05) is 41.9 Å². The summed E-state index contributed by atoms with van der Waals surface area (Å²) in [5.74, 6) is 0. The zero-order valence-corrected chi connectivity index (χ0v) is 11.6. The highest BCUT2D eigenvalue weighted by Gasteiger charge is 2.05. The van der Waals surface area contributed by atoms with E-state index in [9.17, 15) is 0 Å². The highest BCUT2D eigenvalue weighted by Crippen LogP contribution is 2.28. The van der Waals surface area contributed by atoms with Crippen molar-refractivity contribution >= 4 is 40.6 Å². The van der Waals surface area contributed by atoms with Gasteiger partial charge >= 0.3 is 0 Å². The van der Waals surface area contributed by atoms with Crippen molar-refractivity contribution in [2.45, 2.75) is 0 Å². The van der Waals surface area contributed by atoms with Crippen LogP contribution in [0.1, 0.15) is 0 Å². The fraction of sp³-hybridized carbons (Fsp3) is 0. The molecule has 2 aromatic carbocycles. The second kappa shape index (κ2) is 5.47. The van der Waals surface area contributed by atoms with Gasteiger partial charge in [0.15, 0.2) is 0 Å². The Bertz CT molecular complexity index is 712. The van der Waals surface area contributed by atoms with Crippen LogP contribution in [0.2, 0.25) is 5.02 Å². The van der Waals surface area contributed by atoms with Crippen LogP contribution in [0.5, 0.6) is 0 Å². The molecule has 3 aromatic rings. The van der Waals surface area contributed by atoms with Gasteiger partial charge in [-0.25, -0.2) is 4.98 Å². The number of nitrogens with two attached hydrogens (primary N) is 1. The summed E-state index contributed by atoms with van der Waals surface area (Å²) in [4.78, 5) is 4.61. The number of nitrogens with zero attached hydrogens (tertiary/aromatic N) is 1. The molecule has 0 aliphatic heterocycles. The molecule has 0 spiro atoms. The van der Waals surface area contributed by atoms with Crippen LogP contribution >= 0.6 is 24.0 Å². The van der Waals surface area contributed by atoms with E-state index in [0.29, 0.717) is 10.7 Å². The normalized spacial score (nSPS) is 10.2.